The van der Waals surface area contributed by atoms with E-state index in [1.165, 1.54) is 11.3 Å². The summed E-state index contributed by atoms with van der Waals surface area (Å²) < 4.78 is 26.4. The second kappa shape index (κ2) is 7.02. The van der Waals surface area contributed by atoms with Gasteiger partial charge in [-0.25, -0.2) is 8.42 Å². The summed E-state index contributed by atoms with van der Waals surface area (Å²) in [4.78, 5) is 5.10. The third-order valence-electron chi connectivity index (χ3n) is 5.40. The van der Waals surface area contributed by atoms with Crippen LogP contribution in [0.15, 0.2) is 53.4 Å². The minimum atomic E-state index is -3.47. The Kier molecular flexibility index (Phi) is 4.73. The molecule has 2 aliphatic rings. The summed E-state index contributed by atoms with van der Waals surface area (Å²) in [7, 11) is -1.33. The van der Waals surface area contributed by atoms with Gasteiger partial charge in [-0.2, -0.15) is 0 Å². The van der Waals surface area contributed by atoms with E-state index in [0.717, 1.165) is 38.2 Å². The topological polar surface area (TPSA) is 52.6 Å². The standard InChI is InChI=1S/C20H25N3O2S/c1-22-12-14-23(15-13-22)19-9-5-8-18-17(19)10-11-21-20(18)26(24,25)16-6-3-2-4-7-16/h2-9,20-21H,10-15H2,1H3. The van der Waals surface area contributed by atoms with Gasteiger partial charge in [0, 0.05) is 38.4 Å². The molecule has 1 unspecified atom stereocenters. The molecule has 0 bridgehead atoms. The quantitative estimate of drug-likeness (QED) is 0.895. The first-order valence-corrected chi connectivity index (χ1v) is 10.7. The van der Waals surface area contributed by atoms with Crippen molar-refractivity contribution < 1.29 is 8.42 Å². The predicted octanol–water partition coefficient (Wildman–Crippen LogP) is 2.06. The number of anilines is 1. The van der Waals surface area contributed by atoms with Crippen molar-refractivity contribution in [2.75, 3.05) is 44.7 Å². The average molecular weight is 372 g/mol. The summed E-state index contributed by atoms with van der Waals surface area (Å²) in [6.45, 7) is 4.71. The minimum Gasteiger partial charge on any atom is -0.369 e. The van der Waals surface area contributed by atoms with Crippen LogP contribution in [-0.2, 0) is 16.3 Å². The lowest BCUT2D eigenvalue weighted by Gasteiger charge is -2.37. The van der Waals surface area contributed by atoms with Crippen molar-refractivity contribution in [2.45, 2.75) is 16.7 Å². The van der Waals surface area contributed by atoms with E-state index in [1.54, 1.807) is 24.3 Å². The van der Waals surface area contributed by atoms with Gasteiger partial charge >= 0.3 is 0 Å². The lowest BCUT2D eigenvalue weighted by atomic mass is 9.97. The Morgan fingerprint density at radius 1 is 0.962 bits per heavy atom. The number of nitrogens with one attached hydrogen (secondary N) is 1. The molecule has 1 N–H and O–H groups in total. The molecule has 5 nitrogen and oxygen atoms in total. The third-order valence-corrected chi connectivity index (χ3v) is 7.37. The van der Waals surface area contributed by atoms with Gasteiger partial charge in [-0.3, -0.25) is 5.32 Å². The number of piperazine rings is 1. The van der Waals surface area contributed by atoms with Gasteiger partial charge < -0.3 is 9.80 Å². The Labute approximate surface area is 155 Å². The van der Waals surface area contributed by atoms with Gasteiger partial charge in [0.05, 0.1) is 4.90 Å². The van der Waals surface area contributed by atoms with E-state index in [1.807, 2.05) is 18.2 Å². The van der Waals surface area contributed by atoms with Gasteiger partial charge in [0.25, 0.3) is 0 Å². The molecular formula is C20H25N3O2S. The number of hydrogen-bond donors (Lipinski definition) is 1. The number of fused-ring (bicyclic) bond motifs is 1. The van der Waals surface area contributed by atoms with Gasteiger partial charge in [-0.1, -0.05) is 30.3 Å². The van der Waals surface area contributed by atoms with Crippen LogP contribution in [0.3, 0.4) is 0 Å². The molecule has 138 valence electrons. The number of benzene rings is 2. The zero-order valence-electron chi connectivity index (χ0n) is 15.1. The van der Waals surface area contributed by atoms with Crippen LogP contribution in [-0.4, -0.2) is 53.1 Å². The zero-order chi connectivity index (χ0) is 18.1. The molecule has 1 saturated heterocycles. The molecule has 1 atom stereocenters. The summed E-state index contributed by atoms with van der Waals surface area (Å²) in [6.07, 6.45) is 0.860. The maximum absolute atomic E-state index is 13.2. The lowest BCUT2D eigenvalue weighted by Crippen LogP contribution is -2.45. The van der Waals surface area contributed by atoms with Gasteiger partial charge in [-0.05, 0) is 42.8 Å². The van der Waals surface area contributed by atoms with Crippen LogP contribution in [0.4, 0.5) is 5.69 Å². The minimum absolute atomic E-state index is 0.371. The highest BCUT2D eigenvalue weighted by Crippen LogP contribution is 2.36. The van der Waals surface area contributed by atoms with Gasteiger partial charge in [0.1, 0.15) is 5.37 Å². The van der Waals surface area contributed by atoms with Crippen LogP contribution < -0.4 is 10.2 Å². The third kappa shape index (κ3) is 3.13. The molecule has 1 fully saturated rings. The Morgan fingerprint density at radius 3 is 2.42 bits per heavy atom. The highest BCUT2D eigenvalue weighted by molar-refractivity contribution is 7.91. The van der Waals surface area contributed by atoms with Crippen molar-refractivity contribution in [3.63, 3.8) is 0 Å². The van der Waals surface area contributed by atoms with Crippen molar-refractivity contribution >= 4 is 15.5 Å². The van der Waals surface area contributed by atoms with Crippen LogP contribution in [0.5, 0.6) is 0 Å². The first kappa shape index (κ1) is 17.5. The monoisotopic (exact) mass is 371 g/mol. The summed E-state index contributed by atoms with van der Waals surface area (Å²) in [5, 5.41) is 2.56. The van der Waals surface area contributed by atoms with Crippen molar-refractivity contribution in [3.8, 4) is 0 Å². The van der Waals surface area contributed by atoms with Gasteiger partial charge in [0.2, 0.25) is 0 Å². The maximum atomic E-state index is 13.2. The Bertz CT molecular complexity index is 875. The van der Waals surface area contributed by atoms with Crippen LogP contribution in [0.2, 0.25) is 0 Å². The molecule has 2 aromatic rings. The molecule has 0 aliphatic carbocycles. The second-order valence-electron chi connectivity index (χ2n) is 7.08. The van der Waals surface area contributed by atoms with Gasteiger partial charge in [0.15, 0.2) is 9.84 Å². The molecule has 0 spiro atoms. The van der Waals surface area contributed by atoms with Crippen molar-refractivity contribution in [1.29, 1.82) is 0 Å². The average Bonchev–Trinajstić information content (AvgIpc) is 2.68. The van der Waals surface area contributed by atoms with E-state index in [4.69, 9.17) is 0 Å². The number of nitrogens with zero attached hydrogens (tertiary/aromatic N) is 2. The lowest BCUT2D eigenvalue weighted by molar-refractivity contribution is 0.312. The normalized spacial score (nSPS) is 21.4. The van der Waals surface area contributed by atoms with E-state index in [-0.39, 0.29) is 0 Å². The number of sulfone groups is 1. The van der Waals surface area contributed by atoms with E-state index in [0.29, 0.717) is 11.4 Å². The number of hydrogen-bond acceptors (Lipinski definition) is 5. The molecular weight excluding hydrogens is 346 g/mol. The van der Waals surface area contributed by atoms with E-state index in [9.17, 15) is 8.42 Å². The van der Waals surface area contributed by atoms with Crippen LogP contribution in [0.1, 0.15) is 16.5 Å². The van der Waals surface area contributed by atoms with E-state index in [2.05, 4.69) is 28.2 Å². The molecule has 0 amide bonds. The molecule has 26 heavy (non-hydrogen) atoms. The molecule has 2 aliphatic heterocycles. The highest BCUT2D eigenvalue weighted by atomic mass is 32.2. The predicted molar refractivity (Wildman–Crippen MR) is 104 cm³/mol. The fraction of sp³-hybridized carbons (Fsp3) is 0.400. The van der Waals surface area contributed by atoms with Gasteiger partial charge in [-0.15, -0.1) is 0 Å². The Hall–Kier alpha value is -1.89. The molecule has 2 heterocycles. The molecule has 6 heteroatoms. The molecule has 0 saturated carbocycles. The second-order valence-corrected chi connectivity index (χ2v) is 9.11. The smallest absolute Gasteiger partial charge is 0.198 e. The fourth-order valence-corrected chi connectivity index (χ4v) is 5.62. The summed E-state index contributed by atoms with van der Waals surface area (Å²) in [6, 6.07) is 14.8. The zero-order valence-corrected chi connectivity index (χ0v) is 15.9. The van der Waals surface area contributed by atoms with Crippen molar-refractivity contribution in [3.05, 3.63) is 59.7 Å². The van der Waals surface area contributed by atoms with Crippen molar-refractivity contribution in [2.24, 2.45) is 0 Å². The molecule has 4 rings (SSSR count). The fourth-order valence-electron chi connectivity index (χ4n) is 3.92. The summed E-state index contributed by atoms with van der Waals surface area (Å²) in [5.74, 6) is 0. The first-order chi connectivity index (χ1) is 12.6. The number of likely N-dealkylation sites (N-methyl/N-ethyl adjacent to an activating group) is 1. The molecule has 2 aromatic carbocycles. The van der Waals surface area contributed by atoms with E-state index < -0.39 is 15.2 Å². The first-order valence-electron chi connectivity index (χ1n) is 9.15. The number of rotatable bonds is 3. The van der Waals surface area contributed by atoms with Crippen molar-refractivity contribution in [1.82, 2.24) is 10.2 Å². The highest BCUT2D eigenvalue weighted by Gasteiger charge is 2.34. The molecule has 0 radical (unpaired) electrons. The van der Waals surface area contributed by atoms with Crippen LogP contribution in [0, 0.1) is 0 Å². The van der Waals surface area contributed by atoms with Crippen LogP contribution >= 0.6 is 0 Å². The maximum Gasteiger partial charge on any atom is 0.198 e. The summed E-state index contributed by atoms with van der Waals surface area (Å²) >= 11 is 0. The summed E-state index contributed by atoms with van der Waals surface area (Å²) in [5.41, 5.74) is 3.28. The Balaban J connectivity index is 1.72. The van der Waals surface area contributed by atoms with E-state index >= 15 is 0 Å². The SMILES string of the molecule is CN1CCN(c2cccc3c2CCNC3S(=O)(=O)c2ccccc2)CC1. The largest absolute Gasteiger partial charge is 0.369 e. The molecule has 0 aromatic heterocycles. The Morgan fingerprint density at radius 2 is 1.69 bits per heavy atom. The van der Waals surface area contributed by atoms with Crippen LogP contribution in [0.25, 0.3) is 0 Å².